The average Bonchev–Trinajstić information content (AvgIpc) is 1.48. The number of rotatable bonds is 26. The van der Waals surface area contributed by atoms with Gasteiger partial charge in [-0.1, -0.05) is 95.8 Å². The first-order valence-electron chi connectivity index (χ1n) is 44.6. The van der Waals surface area contributed by atoms with Crippen LogP contribution in [0.3, 0.4) is 0 Å². The number of fused-ring (bicyclic) bond motifs is 3. The number of para-hydroxylation sites is 2. The molecule has 13 atom stereocenters. The number of halogens is 2. The largest absolute Gasteiger partial charge is 0.394 e. The Labute approximate surface area is 778 Å². The van der Waals surface area contributed by atoms with E-state index in [0.717, 1.165) is 49.7 Å². The summed E-state index contributed by atoms with van der Waals surface area (Å²) in [4.78, 5) is 267. The number of benzene rings is 3. The van der Waals surface area contributed by atoms with Crippen LogP contribution in [-0.4, -0.2) is 301 Å². The van der Waals surface area contributed by atoms with Crippen LogP contribution in [0.4, 0.5) is 8.78 Å². The van der Waals surface area contributed by atoms with Crippen LogP contribution < -0.4 is 70.4 Å². The minimum absolute atomic E-state index is 0.0105. The predicted molar refractivity (Wildman–Crippen MR) is 491 cm³/mol. The van der Waals surface area contributed by atoms with Crippen molar-refractivity contribution in [2.24, 2.45) is 29.0 Å². The van der Waals surface area contributed by atoms with Crippen molar-refractivity contribution in [2.45, 2.75) is 216 Å². The molecule has 0 bridgehead atoms. The summed E-state index contributed by atoms with van der Waals surface area (Å²) in [5.74, 6) is -21.8. The zero-order valence-electron chi connectivity index (χ0n) is 76.7. The molecule has 728 valence electrons. The highest BCUT2D eigenvalue weighted by Crippen LogP contribution is 2.28. The van der Waals surface area contributed by atoms with Crippen molar-refractivity contribution < 1.29 is 95.4 Å². The van der Waals surface area contributed by atoms with Crippen LogP contribution in [0.25, 0.3) is 21.8 Å². The second-order valence-electron chi connectivity index (χ2n) is 34.2. The number of aliphatic hydroxyl groups excluding tert-OH is 1. The summed E-state index contributed by atoms with van der Waals surface area (Å²) in [6.07, 6.45) is 4.72. The number of thioether (sulfide) groups is 1. The SMILES string of the molecule is CCCC[C@H]1C(=O)N(C)[C@@H](CCCC)C(=O)N[C@@H](CCCNC(=N)N)C(=O)N[C@H](C(=O)NCC(N)=O)CSCC(=O)N[C@@H](Cc2ccc(F)c(F)c2)C(=O)N(C)[C@@H](C)C(=O)N[C@@H](CC(N)=O)C(=O)N2CCC[C@H]2C(=O)N[C@@H](Cc2cnc[nH]2)C(=O)N[C@@H](CC(C)C)C(=O)N(C)CC(=O)C[C@@H](Cc2c[nH]c3ccccc23)C(=O)N[C@@H](CO)C(=O)N[C@@H](Cc2c[nH]c3ccccc23)C(=O)N1C. The quantitative estimate of drug-likeness (QED) is 0.0180. The highest BCUT2D eigenvalue weighted by Gasteiger charge is 2.44. The number of carbonyl (C=O) groups is 17. The lowest BCUT2D eigenvalue weighted by molar-refractivity contribution is -0.149. The summed E-state index contributed by atoms with van der Waals surface area (Å²) in [6, 6.07) is -2.04. The standard InChI is InChI=1S/C90H125F2N23O18S/c1-10-12-25-71-83(127)104-63(24-18-30-98-90(95)96)80(124)110-70(79(123)101-43-75(94)119)46-134-47-76(120)103-66(34-51-28-29-59(91)60(92)33-51)86(130)112(7)50(5)77(121)106-68(39-74(93)118)88(132)115-31-19-27-72(115)84(128)105-64(38-55-42-97-48-102-55)81(125)107-65(32-49(3)4)85(129)111(6)44-56(117)36-52(35-53-40-99-61-22-16-14-20-57(53)61)78(122)109-69(45-116)82(126)108-67(37-54-41-100-62-23-17-15-21-58(54)62)87(131)114(9)73(26-13-11-2)89(133)113(71)8/h14-17,20-23,28-29,33,40-42,48-50,52,63-73,99-100,116H,10-13,18-19,24-27,30-32,34-39,43-47H2,1-9H3,(H2,93,118)(H2,94,119)(H,97,102)(H,101,123)(H,103,120)(H,104,127)(H,105,128)(H,106,121)(H,107,125)(H,108,126)(H,109,122)(H,110,124)(H4,95,96,98)/t50-,52+,63-,64-,65-,66-,67-,68-,69-,70-,71-,72-,73-/m0/s1. The summed E-state index contributed by atoms with van der Waals surface area (Å²) < 4.78 is 29.4. The molecule has 134 heavy (non-hydrogen) atoms. The number of amides is 16. The van der Waals surface area contributed by atoms with E-state index in [1.165, 1.54) is 40.6 Å². The van der Waals surface area contributed by atoms with Crippen LogP contribution in [-0.2, 0) is 107 Å². The molecule has 2 aliphatic rings. The zero-order chi connectivity index (χ0) is 98.3. The first-order chi connectivity index (χ1) is 63.7. The van der Waals surface area contributed by atoms with E-state index in [1.807, 2.05) is 13.8 Å². The number of ketones is 1. The minimum Gasteiger partial charge on any atom is -0.394 e. The minimum atomic E-state index is -1.83. The zero-order valence-corrected chi connectivity index (χ0v) is 77.5. The van der Waals surface area contributed by atoms with Gasteiger partial charge in [0, 0.05) is 125 Å². The van der Waals surface area contributed by atoms with Gasteiger partial charge in [-0.05, 0) is 105 Å². The number of primary amides is 2. The lowest BCUT2D eigenvalue weighted by Gasteiger charge is -2.36. The lowest BCUT2D eigenvalue weighted by atomic mass is 9.92. The third-order valence-corrected chi connectivity index (χ3v) is 24.6. The van der Waals surface area contributed by atoms with Gasteiger partial charge < -0.3 is 115 Å². The van der Waals surface area contributed by atoms with E-state index in [9.17, 15) is 71.4 Å². The monoisotopic (exact) mass is 1890 g/mol. The lowest BCUT2D eigenvalue weighted by Crippen LogP contribution is -2.61. The van der Waals surface area contributed by atoms with Gasteiger partial charge in [-0.3, -0.25) is 86.9 Å². The van der Waals surface area contributed by atoms with Crippen molar-refractivity contribution in [3.63, 3.8) is 0 Å². The molecule has 44 heteroatoms. The highest BCUT2D eigenvalue weighted by atomic mass is 32.2. The van der Waals surface area contributed by atoms with Crippen LogP contribution in [0.2, 0.25) is 0 Å². The van der Waals surface area contributed by atoms with Gasteiger partial charge in [-0.15, -0.1) is 11.8 Å². The molecular weight excluding hydrogens is 1760 g/mol. The second kappa shape index (κ2) is 51.0. The van der Waals surface area contributed by atoms with Crippen LogP contribution >= 0.6 is 11.8 Å². The van der Waals surface area contributed by atoms with Crippen LogP contribution in [0, 0.1) is 28.9 Å². The van der Waals surface area contributed by atoms with Crippen LogP contribution in [0.15, 0.2) is 91.6 Å². The molecule has 21 N–H and O–H groups in total. The maximum atomic E-state index is 15.7. The van der Waals surface area contributed by atoms with Crippen molar-refractivity contribution in [1.29, 1.82) is 5.41 Å². The number of Topliss-reactive ketones (excluding diaryl/α,β-unsaturated/α-hetero) is 1. The van der Waals surface area contributed by atoms with Gasteiger partial charge >= 0.3 is 0 Å². The van der Waals surface area contributed by atoms with Gasteiger partial charge in [-0.2, -0.15) is 0 Å². The van der Waals surface area contributed by atoms with E-state index < -0.39 is 247 Å². The normalized spacial score (nSPS) is 23.4. The second-order valence-corrected chi connectivity index (χ2v) is 35.3. The van der Waals surface area contributed by atoms with Gasteiger partial charge in [0.1, 0.15) is 72.5 Å². The molecule has 2 fully saturated rings. The first-order valence-corrected chi connectivity index (χ1v) is 45.8. The number of imidazole rings is 1. The molecular formula is C90H125F2N23O18S. The molecule has 0 aliphatic carbocycles. The Hall–Kier alpha value is -13.4. The number of unbranched alkanes of at least 4 members (excludes halogenated alkanes) is 2. The Morgan fingerprint density at radius 3 is 1.78 bits per heavy atom. The van der Waals surface area contributed by atoms with Crippen LogP contribution in [0.1, 0.15) is 140 Å². The third-order valence-electron chi connectivity index (χ3n) is 23.5. The number of aromatic nitrogens is 4. The molecule has 6 aromatic rings. The molecule has 0 saturated carbocycles. The van der Waals surface area contributed by atoms with Gasteiger partial charge in [0.15, 0.2) is 23.4 Å². The van der Waals surface area contributed by atoms with E-state index in [1.54, 1.807) is 74.8 Å². The van der Waals surface area contributed by atoms with E-state index in [2.05, 4.69) is 73.1 Å². The molecule has 0 spiro atoms. The first kappa shape index (κ1) is 106. The van der Waals surface area contributed by atoms with Crippen molar-refractivity contribution in [1.82, 2.24) is 97.6 Å². The molecule has 3 aromatic heterocycles. The molecule has 5 heterocycles. The summed E-state index contributed by atoms with van der Waals surface area (Å²) in [5, 5.41) is 46.4. The van der Waals surface area contributed by atoms with Gasteiger partial charge in [0.05, 0.1) is 38.2 Å². The van der Waals surface area contributed by atoms with Crippen molar-refractivity contribution >= 4 is 140 Å². The Balaban J connectivity index is 1.19. The van der Waals surface area contributed by atoms with Crippen molar-refractivity contribution in [3.05, 3.63) is 126 Å². The fourth-order valence-electron chi connectivity index (χ4n) is 16.1. The Bertz CT molecular complexity index is 5190. The van der Waals surface area contributed by atoms with Crippen LogP contribution in [0.5, 0.6) is 0 Å². The van der Waals surface area contributed by atoms with Gasteiger partial charge in [0.2, 0.25) is 94.5 Å². The predicted octanol–water partition coefficient (Wildman–Crippen LogP) is -0.769. The summed E-state index contributed by atoms with van der Waals surface area (Å²) in [5.41, 5.74) is 19.4. The molecule has 3 aromatic carbocycles. The molecule has 0 radical (unpaired) electrons. The topological polar surface area (TPSA) is 609 Å². The number of likely N-dealkylation sites (N-methyl/N-ethyl adjacent to an activating group) is 4. The number of nitrogens with one attached hydrogen (secondary N) is 14. The Morgan fingerprint density at radius 1 is 0.582 bits per heavy atom. The number of hydrogen-bond acceptors (Lipinski definition) is 21. The number of nitrogens with two attached hydrogens (primary N) is 3. The smallest absolute Gasteiger partial charge is 0.246 e. The summed E-state index contributed by atoms with van der Waals surface area (Å²) in [6.45, 7) is 5.76. The maximum absolute atomic E-state index is 15.7. The fraction of sp³-hybridized carbons (Fsp3) is 0.522. The molecule has 41 nitrogen and oxygen atoms in total. The van der Waals surface area contributed by atoms with E-state index >= 15 is 24.0 Å². The summed E-state index contributed by atoms with van der Waals surface area (Å²) >= 11 is 0.692. The van der Waals surface area contributed by atoms with E-state index in [4.69, 9.17) is 22.6 Å². The Morgan fingerprint density at radius 2 is 1.16 bits per heavy atom. The molecule has 16 amide bonds. The molecule has 2 saturated heterocycles. The number of H-pyrrole nitrogens is 3. The van der Waals surface area contributed by atoms with Crippen molar-refractivity contribution in [2.75, 3.05) is 72.5 Å². The summed E-state index contributed by atoms with van der Waals surface area (Å²) in [7, 11) is 5.12. The van der Waals surface area contributed by atoms with Gasteiger partial charge in [0.25, 0.3) is 0 Å². The van der Waals surface area contributed by atoms with Gasteiger partial charge in [-0.25, -0.2) is 13.8 Å². The number of carbonyl (C=O) groups excluding carboxylic acids is 17. The fourth-order valence-corrected chi connectivity index (χ4v) is 17.0. The van der Waals surface area contributed by atoms with Crippen molar-refractivity contribution in [3.8, 4) is 0 Å². The molecule has 0 unspecified atom stereocenters. The number of nitrogens with zero attached hydrogens (tertiary/aromatic N) is 6. The van der Waals surface area contributed by atoms with E-state index in [-0.39, 0.29) is 88.8 Å². The molecule has 8 rings (SSSR count). The third kappa shape index (κ3) is 30.3. The number of aliphatic hydroxyl groups is 1. The maximum Gasteiger partial charge on any atom is 0.246 e. The number of aromatic amines is 3. The number of hydrogen-bond donors (Lipinski definition) is 18. The highest BCUT2D eigenvalue weighted by molar-refractivity contribution is 8.00. The Kier molecular flexibility index (Phi) is 40.3. The number of guanidine groups is 1. The molecule has 2 aliphatic heterocycles. The van der Waals surface area contributed by atoms with E-state index in [0.29, 0.717) is 76.1 Å². The average molecular weight is 1890 g/mol.